The molecule has 0 heterocycles. The average Bonchev–Trinajstić information content (AvgIpc) is 3.29. The maximum atomic E-state index is 12.2. The fourth-order valence-corrected chi connectivity index (χ4v) is 2.15. The summed E-state index contributed by atoms with van der Waals surface area (Å²) in [4.78, 5) is 24.4. The minimum absolute atomic E-state index is 0.0705. The van der Waals surface area contributed by atoms with Crippen molar-refractivity contribution in [1.82, 2.24) is 10.2 Å². The number of amides is 2. The fraction of sp³-hybridized carbons (Fsp3) is 0.467. The quantitative estimate of drug-likeness (QED) is 0.804. The molecule has 0 bridgehead atoms. The SMILES string of the molecule is COc1ccccc1CN(C(=O)NCCC(=O)O)C1CC1. The van der Waals surface area contributed by atoms with Crippen LogP contribution in [0.5, 0.6) is 5.75 Å². The van der Waals surface area contributed by atoms with Gasteiger partial charge in [0, 0.05) is 18.2 Å². The molecule has 1 aliphatic carbocycles. The Labute approximate surface area is 123 Å². The van der Waals surface area contributed by atoms with Gasteiger partial charge in [-0.2, -0.15) is 0 Å². The molecule has 0 radical (unpaired) electrons. The molecule has 2 rings (SSSR count). The molecule has 0 aromatic heterocycles. The largest absolute Gasteiger partial charge is 0.496 e. The highest BCUT2D eigenvalue weighted by Crippen LogP contribution is 2.30. The number of rotatable bonds is 7. The predicted octanol–water partition coefficient (Wildman–Crippen LogP) is 1.84. The first-order valence-corrected chi connectivity index (χ1v) is 7.00. The molecular weight excluding hydrogens is 272 g/mol. The number of nitrogens with one attached hydrogen (secondary N) is 1. The Kier molecular flexibility index (Phi) is 5.03. The topological polar surface area (TPSA) is 78.9 Å². The van der Waals surface area contributed by atoms with Gasteiger partial charge in [-0.25, -0.2) is 4.79 Å². The highest BCUT2D eigenvalue weighted by atomic mass is 16.5. The van der Waals surface area contributed by atoms with Crippen molar-refractivity contribution in [2.75, 3.05) is 13.7 Å². The number of nitrogens with zero attached hydrogens (tertiary/aromatic N) is 1. The minimum atomic E-state index is -0.919. The Morgan fingerprint density at radius 1 is 1.38 bits per heavy atom. The summed E-state index contributed by atoms with van der Waals surface area (Å²) in [5.41, 5.74) is 0.945. The van der Waals surface area contributed by atoms with Gasteiger partial charge in [0.05, 0.1) is 20.1 Å². The monoisotopic (exact) mass is 292 g/mol. The van der Waals surface area contributed by atoms with Crippen LogP contribution in [0.2, 0.25) is 0 Å². The van der Waals surface area contributed by atoms with Crippen LogP contribution in [0.4, 0.5) is 4.79 Å². The Hall–Kier alpha value is -2.24. The molecule has 6 heteroatoms. The van der Waals surface area contributed by atoms with E-state index >= 15 is 0 Å². The lowest BCUT2D eigenvalue weighted by Gasteiger charge is -2.23. The van der Waals surface area contributed by atoms with Gasteiger partial charge in [-0.05, 0) is 18.9 Å². The number of carboxylic acids is 1. The number of aliphatic carboxylic acids is 1. The number of methoxy groups -OCH3 is 1. The first-order valence-electron chi connectivity index (χ1n) is 7.00. The molecule has 0 spiro atoms. The molecule has 1 aromatic rings. The number of hydrogen-bond donors (Lipinski definition) is 2. The molecule has 1 saturated carbocycles. The van der Waals surface area contributed by atoms with E-state index in [4.69, 9.17) is 9.84 Å². The van der Waals surface area contributed by atoms with E-state index in [1.807, 2.05) is 24.3 Å². The molecule has 0 atom stereocenters. The summed E-state index contributed by atoms with van der Waals surface area (Å²) in [5, 5.41) is 11.3. The Balaban J connectivity index is 1.98. The molecule has 0 saturated heterocycles. The fourth-order valence-electron chi connectivity index (χ4n) is 2.15. The molecule has 0 aliphatic heterocycles. The van der Waals surface area contributed by atoms with Crippen LogP contribution in [-0.2, 0) is 11.3 Å². The molecule has 0 unspecified atom stereocenters. The average molecular weight is 292 g/mol. The molecule has 21 heavy (non-hydrogen) atoms. The van der Waals surface area contributed by atoms with E-state index in [1.54, 1.807) is 12.0 Å². The van der Waals surface area contributed by atoms with Crippen molar-refractivity contribution in [2.45, 2.75) is 31.8 Å². The standard InChI is InChI=1S/C15H20N2O4/c1-21-13-5-3-2-4-11(13)10-17(12-6-7-12)15(20)16-9-8-14(18)19/h2-5,12H,6-10H2,1H3,(H,16,20)(H,18,19). The summed E-state index contributed by atoms with van der Waals surface area (Å²) in [6.45, 7) is 0.608. The van der Waals surface area contributed by atoms with Crippen molar-refractivity contribution in [1.29, 1.82) is 0 Å². The van der Waals surface area contributed by atoms with E-state index in [0.717, 1.165) is 24.2 Å². The van der Waals surface area contributed by atoms with E-state index in [9.17, 15) is 9.59 Å². The highest BCUT2D eigenvalue weighted by molar-refractivity contribution is 5.76. The minimum Gasteiger partial charge on any atom is -0.496 e. The maximum absolute atomic E-state index is 12.2. The van der Waals surface area contributed by atoms with Crippen LogP contribution in [0.15, 0.2) is 24.3 Å². The second kappa shape index (κ2) is 6.97. The number of urea groups is 1. The zero-order chi connectivity index (χ0) is 15.2. The first kappa shape index (κ1) is 15.2. The predicted molar refractivity (Wildman–Crippen MR) is 77.2 cm³/mol. The summed E-state index contributed by atoms with van der Waals surface area (Å²) in [6, 6.07) is 7.60. The van der Waals surface area contributed by atoms with Gasteiger partial charge in [-0.1, -0.05) is 18.2 Å². The van der Waals surface area contributed by atoms with E-state index in [1.165, 1.54) is 0 Å². The van der Waals surface area contributed by atoms with Crippen LogP contribution in [0.1, 0.15) is 24.8 Å². The third-order valence-corrected chi connectivity index (χ3v) is 3.40. The number of benzene rings is 1. The summed E-state index contributed by atoms with van der Waals surface area (Å²) in [6.07, 6.45) is 1.90. The number of carboxylic acid groups (broad SMARTS) is 1. The highest BCUT2D eigenvalue weighted by Gasteiger charge is 2.32. The van der Waals surface area contributed by atoms with E-state index < -0.39 is 5.97 Å². The Morgan fingerprint density at radius 3 is 2.71 bits per heavy atom. The summed E-state index contributed by atoms with van der Waals surface area (Å²) in [5.74, 6) is -0.167. The number of hydrogen-bond acceptors (Lipinski definition) is 3. The lowest BCUT2D eigenvalue weighted by molar-refractivity contribution is -0.136. The van der Waals surface area contributed by atoms with Gasteiger partial charge in [-0.3, -0.25) is 4.79 Å². The van der Waals surface area contributed by atoms with Gasteiger partial charge in [0.1, 0.15) is 5.75 Å². The van der Waals surface area contributed by atoms with Crippen molar-refractivity contribution in [3.63, 3.8) is 0 Å². The van der Waals surface area contributed by atoms with Crippen LogP contribution in [0.25, 0.3) is 0 Å². The maximum Gasteiger partial charge on any atom is 0.317 e. The number of ether oxygens (including phenoxy) is 1. The van der Waals surface area contributed by atoms with Crippen molar-refractivity contribution in [3.8, 4) is 5.75 Å². The van der Waals surface area contributed by atoms with Crippen LogP contribution >= 0.6 is 0 Å². The Bertz CT molecular complexity index is 514. The second-order valence-corrected chi connectivity index (χ2v) is 5.05. The Morgan fingerprint density at radius 2 is 2.10 bits per heavy atom. The van der Waals surface area contributed by atoms with Gasteiger partial charge in [0.2, 0.25) is 0 Å². The zero-order valence-corrected chi connectivity index (χ0v) is 12.0. The molecule has 6 nitrogen and oxygen atoms in total. The van der Waals surface area contributed by atoms with E-state index in [0.29, 0.717) is 6.54 Å². The van der Waals surface area contributed by atoms with Gasteiger partial charge >= 0.3 is 12.0 Å². The van der Waals surface area contributed by atoms with Crippen LogP contribution in [0.3, 0.4) is 0 Å². The van der Waals surface area contributed by atoms with Crippen LogP contribution < -0.4 is 10.1 Å². The van der Waals surface area contributed by atoms with Gasteiger partial charge in [0.25, 0.3) is 0 Å². The van der Waals surface area contributed by atoms with E-state index in [2.05, 4.69) is 5.32 Å². The zero-order valence-electron chi connectivity index (χ0n) is 12.0. The van der Waals surface area contributed by atoms with Gasteiger partial charge in [-0.15, -0.1) is 0 Å². The van der Waals surface area contributed by atoms with Crippen molar-refractivity contribution in [3.05, 3.63) is 29.8 Å². The normalized spacial score (nSPS) is 13.6. The summed E-state index contributed by atoms with van der Waals surface area (Å²) in [7, 11) is 1.60. The van der Waals surface area contributed by atoms with Crippen molar-refractivity contribution < 1.29 is 19.4 Å². The lowest BCUT2D eigenvalue weighted by atomic mass is 10.2. The van der Waals surface area contributed by atoms with Gasteiger partial charge in [0.15, 0.2) is 0 Å². The van der Waals surface area contributed by atoms with E-state index in [-0.39, 0.29) is 25.0 Å². The number of carbonyl (C=O) groups is 2. The van der Waals surface area contributed by atoms with Gasteiger partial charge < -0.3 is 20.1 Å². The van der Waals surface area contributed by atoms with Crippen LogP contribution in [0, 0.1) is 0 Å². The molecular formula is C15H20N2O4. The lowest BCUT2D eigenvalue weighted by Crippen LogP contribution is -2.41. The third kappa shape index (κ3) is 4.37. The van der Waals surface area contributed by atoms with Crippen molar-refractivity contribution >= 4 is 12.0 Å². The molecule has 1 aromatic carbocycles. The molecule has 1 aliphatic rings. The number of carbonyl (C=O) groups excluding carboxylic acids is 1. The third-order valence-electron chi connectivity index (χ3n) is 3.40. The molecule has 1 fully saturated rings. The van der Waals surface area contributed by atoms with Crippen molar-refractivity contribution in [2.24, 2.45) is 0 Å². The second-order valence-electron chi connectivity index (χ2n) is 5.05. The summed E-state index contributed by atoms with van der Waals surface area (Å²) >= 11 is 0. The molecule has 114 valence electrons. The first-order chi connectivity index (χ1) is 10.1. The molecule has 2 N–H and O–H groups in total. The number of para-hydroxylation sites is 1. The smallest absolute Gasteiger partial charge is 0.317 e. The summed E-state index contributed by atoms with van der Waals surface area (Å²) < 4.78 is 5.30. The van der Waals surface area contributed by atoms with Crippen LogP contribution in [-0.4, -0.2) is 41.7 Å². The molecule has 2 amide bonds.